The molecule has 0 unspecified atom stereocenters. The van der Waals surface area contributed by atoms with Gasteiger partial charge in [-0.15, -0.1) is 11.3 Å². The maximum Gasteiger partial charge on any atom is 0.308 e. The van der Waals surface area contributed by atoms with E-state index in [0.717, 1.165) is 35.4 Å². The molecule has 1 saturated carbocycles. The molecule has 0 saturated heterocycles. The van der Waals surface area contributed by atoms with Crippen LogP contribution < -0.4 is 5.32 Å². The molecule has 4 nitrogen and oxygen atoms in total. The Kier molecular flexibility index (Phi) is 5.57. The highest BCUT2D eigenvalue weighted by Gasteiger charge is 2.27. The Labute approximate surface area is 123 Å². The summed E-state index contributed by atoms with van der Waals surface area (Å²) in [5, 5.41) is 22.6. The molecule has 0 amide bonds. The molecule has 0 aromatic carbocycles. The van der Waals surface area contributed by atoms with Crippen LogP contribution in [0.1, 0.15) is 48.3 Å². The summed E-state index contributed by atoms with van der Waals surface area (Å²) in [4.78, 5) is 12.6. The lowest BCUT2D eigenvalue weighted by Gasteiger charge is -2.26. The lowest BCUT2D eigenvalue weighted by molar-refractivity contribution is -0.136. The quantitative estimate of drug-likeness (QED) is 0.706. The minimum atomic E-state index is -0.792. The molecule has 1 aromatic rings. The van der Waals surface area contributed by atoms with E-state index in [9.17, 15) is 9.90 Å². The van der Waals surface area contributed by atoms with Crippen molar-refractivity contribution in [1.82, 2.24) is 5.32 Å². The molecule has 1 fully saturated rings. The molecule has 2 rings (SSSR count). The first-order chi connectivity index (χ1) is 9.57. The Morgan fingerprint density at radius 1 is 1.20 bits per heavy atom. The van der Waals surface area contributed by atoms with E-state index >= 15 is 0 Å². The van der Waals surface area contributed by atoms with Gasteiger partial charge in [0.05, 0.1) is 12.0 Å². The molecule has 0 spiro atoms. The van der Waals surface area contributed by atoms with E-state index in [-0.39, 0.29) is 6.42 Å². The molecule has 0 aliphatic heterocycles. The molecule has 1 aromatic heterocycles. The van der Waals surface area contributed by atoms with Crippen molar-refractivity contribution in [2.24, 2.45) is 0 Å². The van der Waals surface area contributed by atoms with Gasteiger partial charge in [0.1, 0.15) is 0 Å². The highest BCUT2D eigenvalue weighted by atomic mass is 32.1. The van der Waals surface area contributed by atoms with Crippen molar-refractivity contribution < 1.29 is 15.0 Å². The lowest BCUT2D eigenvalue weighted by atomic mass is 9.94. The number of carboxylic acids is 1. The number of aliphatic hydroxyl groups is 1. The van der Waals surface area contributed by atoms with E-state index < -0.39 is 11.6 Å². The second-order valence-corrected chi connectivity index (χ2v) is 6.93. The van der Waals surface area contributed by atoms with Gasteiger partial charge in [-0.25, -0.2) is 0 Å². The van der Waals surface area contributed by atoms with E-state index in [1.807, 2.05) is 12.1 Å². The maximum absolute atomic E-state index is 10.6. The number of carboxylic acid groups (broad SMARTS) is 1. The van der Waals surface area contributed by atoms with Gasteiger partial charge in [-0.05, 0) is 25.0 Å². The SMILES string of the molecule is O=C(O)Cc1ccc(CNCC2(O)CCCCCC2)s1. The third-order valence-electron chi connectivity index (χ3n) is 3.83. The first-order valence-electron chi connectivity index (χ1n) is 7.30. The van der Waals surface area contributed by atoms with E-state index in [4.69, 9.17) is 5.11 Å². The first kappa shape index (κ1) is 15.5. The average molecular weight is 297 g/mol. The van der Waals surface area contributed by atoms with Gasteiger partial charge in [0, 0.05) is 22.8 Å². The monoisotopic (exact) mass is 297 g/mol. The highest BCUT2D eigenvalue weighted by molar-refractivity contribution is 7.12. The molecule has 0 bridgehead atoms. The van der Waals surface area contributed by atoms with Crippen LogP contribution in [0.15, 0.2) is 12.1 Å². The van der Waals surface area contributed by atoms with Crippen LogP contribution in [0.3, 0.4) is 0 Å². The zero-order valence-corrected chi connectivity index (χ0v) is 12.5. The fourth-order valence-electron chi connectivity index (χ4n) is 2.74. The maximum atomic E-state index is 10.6. The van der Waals surface area contributed by atoms with Crippen molar-refractivity contribution in [3.8, 4) is 0 Å². The molecule has 1 aliphatic carbocycles. The predicted molar refractivity (Wildman–Crippen MR) is 80.0 cm³/mol. The first-order valence-corrected chi connectivity index (χ1v) is 8.12. The van der Waals surface area contributed by atoms with Crippen LogP contribution in [-0.2, 0) is 17.8 Å². The largest absolute Gasteiger partial charge is 0.481 e. The summed E-state index contributed by atoms with van der Waals surface area (Å²) in [7, 11) is 0. The molecule has 1 heterocycles. The fraction of sp³-hybridized carbons (Fsp3) is 0.667. The summed E-state index contributed by atoms with van der Waals surface area (Å²) >= 11 is 1.53. The Balaban J connectivity index is 1.77. The number of thiophene rings is 1. The van der Waals surface area contributed by atoms with Crippen LogP contribution in [0.25, 0.3) is 0 Å². The molecule has 0 radical (unpaired) electrons. The van der Waals surface area contributed by atoms with Gasteiger partial charge in [0.25, 0.3) is 0 Å². The summed E-state index contributed by atoms with van der Waals surface area (Å²) in [5.74, 6) is -0.792. The van der Waals surface area contributed by atoms with Gasteiger partial charge in [-0.2, -0.15) is 0 Å². The van der Waals surface area contributed by atoms with Gasteiger partial charge in [0.2, 0.25) is 0 Å². The average Bonchev–Trinajstić information content (AvgIpc) is 2.68. The second-order valence-electron chi connectivity index (χ2n) is 5.68. The van der Waals surface area contributed by atoms with E-state index in [1.165, 1.54) is 24.2 Å². The predicted octanol–water partition coefficient (Wildman–Crippen LogP) is 2.55. The third kappa shape index (κ3) is 4.89. The molecule has 20 heavy (non-hydrogen) atoms. The fourth-order valence-corrected chi connectivity index (χ4v) is 3.72. The van der Waals surface area contributed by atoms with Crippen LogP contribution in [0, 0.1) is 0 Å². The highest BCUT2D eigenvalue weighted by Crippen LogP contribution is 2.26. The number of hydrogen-bond donors (Lipinski definition) is 3. The van der Waals surface area contributed by atoms with Crippen LogP contribution in [0.4, 0.5) is 0 Å². The molecule has 5 heteroatoms. The van der Waals surface area contributed by atoms with Crippen molar-refractivity contribution in [3.63, 3.8) is 0 Å². The van der Waals surface area contributed by atoms with Gasteiger partial charge in [-0.3, -0.25) is 4.79 Å². The van der Waals surface area contributed by atoms with Crippen LogP contribution in [0.2, 0.25) is 0 Å². The van der Waals surface area contributed by atoms with E-state index in [0.29, 0.717) is 13.1 Å². The number of rotatable bonds is 6. The Morgan fingerprint density at radius 3 is 2.50 bits per heavy atom. The van der Waals surface area contributed by atoms with Crippen molar-refractivity contribution in [3.05, 3.63) is 21.9 Å². The van der Waals surface area contributed by atoms with Crippen LogP contribution in [0.5, 0.6) is 0 Å². The number of nitrogens with one attached hydrogen (secondary N) is 1. The molecule has 112 valence electrons. The number of carbonyl (C=O) groups is 1. The third-order valence-corrected chi connectivity index (χ3v) is 4.92. The molecule has 0 atom stereocenters. The molecule has 3 N–H and O–H groups in total. The van der Waals surface area contributed by atoms with Crippen LogP contribution in [-0.4, -0.2) is 28.3 Å². The summed E-state index contributed by atoms with van der Waals surface area (Å²) in [6.45, 7) is 1.33. The van der Waals surface area contributed by atoms with Gasteiger partial charge >= 0.3 is 5.97 Å². The number of hydrogen-bond acceptors (Lipinski definition) is 4. The topological polar surface area (TPSA) is 69.6 Å². The van der Waals surface area contributed by atoms with Gasteiger partial charge in [-0.1, -0.05) is 25.7 Å². The number of aliphatic carboxylic acids is 1. The second kappa shape index (κ2) is 7.20. The Morgan fingerprint density at radius 2 is 1.85 bits per heavy atom. The van der Waals surface area contributed by atoms with Crippen molar-refractivity contribution >= 4 is 17.3 Å². The Bertz CT molecular complexity index is 436. The van der Waals surface area contributed by atoms with E-state index in [1.54, 1.807) is 0 Å². The summed E-state index contributed by atoms with van der Waals surface area (Å²) in [5.41, 5.74) is -0.558. The van der Waals surface area contributed by atoms with Crippen molar-refractivity contribution in [2.75, 3.05) is 6.54 Å². The van der Waals surface area contributed by atoms with E-state index in [2.05, 4.69) is 5.32 Å². The molecule has 1 aliphatic rings. The van der Waals surface area contributed by atoms with Gasteiger partial charge < -0.3 is 15.5 Å². The smallest absolute Gasteiger partial charge is 0.308 e. The van der Waals surface area contributed by atoms with Crippen molar-refractivity contribution in [1.29, 1.82) is 0 Å². The Hall–Kier alpha value is -0.910. The normalized spacial score (nSPS) is 18.6. The van der Waals surface area contributed by atoms with Crippen LogP contribution >= 0.6 is 11.3 Å². The minimum absolute atomic E-state index is 0.0919. The minimum Gasteiger partial charge on any atom is -0.481 e. The standard InChI is InChI=1S/C15H23NO3S/c17-14(18)9-12-5-6-13(20-12)10-16-11-15(19)7-3-1-2-4-8-15/h5-6,16,19H,1-4,7-11H2,(H,17,18). The zero-order chi connectivity index (χ0) is 14.4. The van der Waals surface area contributed by atoms with Gasteiger partial charge in [0.15, 0.2) is 0 Å². The molecular formula is C15H23NO3S. The summed E-state index contributed by atoms with van der Waals surface area (Å²) in [6.07, 6.45) is 6.54. The summed E-state index contributed by atoms with van der Waals surface area (Å²) < 4.78 is 0. The molecular weight excluding hydrogens is 274 g/mol. The van der Waals surface area contributed by atoms with Crippen molar-refractivity contribution in [2.45, 2.75) is 57.1 Å². The zero-order valence-electron chi connectivity index (χ0n) is 11.7. The lowest BCUT2D eigenvalue weighted by Crippen LogP contribution is -2.39. The summed E-state index contributed by atoms with van der Waals surface area (Å²) in [6, 6.07) is 3.84.